The van der Waals surface area contributed by atoms with Crippen LogP contribution in [0.5, 0.6) is 5.75 Å². The van der Waals surface area contributed by atoms with Gasteiger partial charge in [-0.2, -0.15) is 0 Å². The van der Waals surface area contributed by atoms with E-state index in [4.69, 9.17) is 4.74 Å². The molecule has 1 aromatic heterocycles. The molecule has 0 spiro atoms. The van der Waals surface area contributed by atoms with Crippen LogP contribution in [0.4, 0.5) is 0 Å². The molecule has 1 saturated heterocycles. The van der Waals surface area contributed by atoms with Gasteiger partial charge >= 0.3 is 0 Å². The Morgan fingerprint density at radius 3 is 2.79 bits per heavy atom. The van der Waals surface area contributed by atoms with Crippen LogP contribution in [0.15, 0.2) is 46.8 Å². The average Bonchev–Trinajstić information content (AvgIpc) is 3.45. The fourth-order valence-corrected chi connectivity index (χ4v) is 5.07. The lowest BCUT2D eigenvalue weighted by Gasteiger charge is -2.29. The Hall–Kier alpha value is -1.32. The van der Waals surface area contributed by atoms with Crippen molar-refractivity contribution >= 4 is 41.3 Å². The van der Waals surface area contributed by atoms with Crippen molar-refractivity contribution in [1.82, 2.24) is 15.5 Å². The van der Waals surface area contributed by atoms with E-state index in [-0.39, 0.29) is 24.0 Å². The fraction of sp³-hybridized carbons (Fsp3) is 0.500. The van der Waals surface area contributed by atoms with E-state index >= 15 is 0 Å². The summed E-state index contributed by atoms with van der Waals surface area (Å²) < 4.78 is 5.79. The lowest BCUT2D eigenvalue weighted by atomic mass is 9.93. The minimum atomic E-state index is 0. The molecule has 0 amide bonds. The number of thiophene rings is 1. The molecule has 1 fully saturated rings. The van der Waals surface area contributed by atoms with Crippen LogP contribution in [0.1, 0.15) is 41.7 Å². The minimum Gasteiger partial charge on any atom is -0.493 e. The highest BCUT2D eigenvalue weighted by Gasteiger charge is 2.25. The molecular weight excluding hydrogens is 495 g/mol. The van der Waals surface area contributed by atoms with Crippen LogP contribution in [0.3, 0.4) is 0 Å². The Morgan fingerprint density at radius 1 is 1.21 bits per heavy atom. The van der Waals surface area contributed by atoms with E-state index in [2.05, 4.69) is 56.2 Å². The van der Waals surface area contributed by atoms with Gasteiger partial charge in [-0.15, -0.1) is 35.3 Å². The molecule has 0 bridgehead atoms. The molecule has 0 aliphatic carbocycles. The summed E-state index contributed by atoms with van der Waals surface area (Å²) in [5, 5.41) is 9.29. The Kier molecular flexibility index (Phi) is 8.62. The third-order valence-corrected chi connectivity index (χ3v) is 6.71. The van der Waals surface area contributed by atoms with Gasteiger partial charge in [0, 0.05) is 30.9 Å². The molecule has 0 radical (unpaired) electrons. The van der Waals surface area contributed by atoms with Crippen LogP contribution >= 0.6 is 35.3 Å². The Bertz CT molecular complexity index is 777. The molecule has 4 rings (SSSR count). The topological polar surface area (TPSA) is 48.9 Å². The highest BCUT2D eigenvalue weighted by Crippen LogP contribution is 2.32. The number of hydrogen-bond acceptors (Lipinski definition) is 4. The fourth-order valence-electron chi connectivity index (χ4n) is 4.21. The van der Waals surface area contributed by atoms with Gasteiger partial charge in [-0.3, -0.25) is 9.89 Å². The highest BCUT2D eigenvalue weighted by atomic mass is 127. The molecule has 2 unspecified atom stereocenters. The zero-order chi connectivity index (χ0) is 19.2. The van der Waals surface area contributed by atoms with Gasteiger partial charge in [-0.05, 0) is 55.4 Å². The molecule has 2 aliphatic heterocycles. The predicted octanol–water partition coefficient (Wildman–Crippen LogP) is 4.23. The Labute approximate surface area is 195 Å². The summed E-state index contributed by atoms with van der Waals surface area (Å²) in [6.45, 7) is 4.91. The number of halogens is 1. The minimum absolute atomic E-state index is 0. The third-order valence-electron chi connectivity index (χ3n) is 5.74. The van der Waals surface area contributed by atoms with Crippen LogP contribution in [-0.2, 0) is 0 Å². The van der Waals surface area contributed by atoms with Gasteiger partial charge in [0.25, 0.3) is 0 Å². The smallest absolute Gasteiger partial charge is 0.191 e. The first-order chi connectivity index (χ1) is 13.8. The normalized spacial score (nSPS) is 20.3. The van der Waals surface area contributed by atoms with E-state index in [1.54, 1.807) is 0 Å². The first-order valence-electron chi connectivity index (χ1n) is 10.3. The standard InChI is InChI=1S/C22H30N4OS.HI/c1-23-22(24-15-17-10-13-27-20-8-3-2-7-18(17)20)25-16-19(21-9-6-14-28-21)26-11-4-5-12-26;/h2-3,6-9,14,17,19H,4-5,10-13,15-16H2,1H3,(H2,23,24,25);1H. The van der Waals surface area contributed by atoms with Crippen LogP contribution in [-0.4, -0.2) is 50.7 Å². The van der Waals surface area contributed by atoms with Crippen molar-refractivity contribution in [3.05, 3.63) is 52.2 Å². The van der Waals surface area contributed by atoms with Crippen molar-refractivity contribution in [2.45, 2.75) is 31.2 Å². The molecule has 158 valence electrons. The second-order valence-electron chi connectivity index (χ2n) is 7.48. The number of rotatable bonds is 6. The summed E-state index contributed by atoms with van der Waals surface area (Å²) in [6.07, 6.45) is 3.64. The molecular formula is C22H31IN4OS. The van der Waals surface area contributed by atoms with Gasteiger partial charge in [0.1, 0.15) is 5.75 Å². The number of guanidine groups is 1. The van der Waals surface area contributed by atoms with Gasteiger partial charge < -0.3 is 15.4 Å². The number of benzene rings is 1. The monoisotopic (exact) mass is 526 g/mol. The number of ether oxygens (including phenoxy) is 1. The molecule has 2 aliphatic rings. The van der Waals surface area contributed by atoms with E-state index in [1.165, 1.54) is 36.4 Å². The lowest BCUT2D eigenvalue weighted by molar-refractivity contribution is 0.248. The van der Waals surface area contributed by atoms with Gasteiger partial charge in [-0.1, -0.05) is 24.3 Å². The van der Waals surface area contributed by atoms with Crippen molar-refractivity contribution in [2.75, 3.05) is 39.8 Å². The molecule has 3 heterocycles. The quantitative estimate of drug-likeness (QED) is 0.336. The van der Waals surface area contributed by atoms with Gasteiger partial charge in [0.2, 0.25) is 0 Å². The Morgan fingerprint density at radius 2 is 2.03 bits per heavy atom. The van der Waals surface area contributed by atoms with Crippen LogP contribution in [0, 0.1) is 0 Å². The molecule has 2 aromatic rings. The zero-order valence-corrected chi connectivity index (χ0v) is 20.1. The zero-order valence-electron chi connectivity index (χ0n) is 17.0. The second kappa shape index (κ2) is 11.2. The summed E-state index contributed by atoms with van der Waals surface area (Å²) in [6, 6.07) is 13.2. The number of likely N-dealkylation sites (tertiary alicyclic amines) is 1. The Balaban J connectivity index is 0.00000240. The van der Waals surface area contributed by atoms with E-state index in [1.807, 2.05) is 24.5 Å². The van der Waals surface area contributed by atoms with Crippen molar-refractivity contribution in [2.24, 2.45) is 4.99 Å². The van der Waals surface area contributed by atoms with Crippen LogP contribution in [0.25, 0.3) is 0 Å². The van der Waals surface area contributed by atoms with Gasteiger partial charge in [0.15, 0.2) is 5.96 Å². The summed E-state index contributed by atoms with van der Waals surface area (Å²) in [5.74, 6) is 2.36. The van der Waals surface area contributed by atoms with Crippen molar-refractivity contribution in [1.29, 1.82) is 0 Å². The number of hydrogen-bond donors (Lipinski definition) is 2. The van der Waals surface area contributed by atoms with Gasteiger partial charge in [-0.25, -0.2) is 0 Å². The summed E-state index contributed by atoms with van der Waals surface area (Å²) in [7, 11) is 1.85. The molecule has 5 nitrogen and oxygen atoms in total. The maximum absolute atomic E-state index is 5.79. The average molecular weight is 526 g/mol. The molecule has 2 atom stereocenters. The van der Waals surface area contributed by atoms with E-state index in [9.17, 15) is 0 Å². The first-order valence-corrected chi connectivity index (χ1v) is 11.2. The highest BCUT2D eigenvalue weighted by molar-refractivity contribution is 14.0. The molecule has 29 heavy (non-hydrogen) atoms. The number of nitrogens with one attached hydrogen (secondary N) is 2. The lowest BCUT2D eigenvalue weighted by Crippen LogP contribution is -2.44. The maximum Gasteiger partial charge on any atom is 0.191 e. The van der Waals surface area contributed by atoms with Gasteiger partial charge in [0.05, 0.1) is 12.6 Å². The molecule has 1 aromatic carbocycles. The van der Waals surface area contributed by atoms with Crippen LogP contribution in [0.2, 0.25) is 0 Å². The molecule has 7 heteroatoms. The molecule has 2 N–H and O–H groups in total. The summed E-state index contributed by atoms with van der Waals surface area (Å²) in [5.41, 5.74) is 1.30. The largest absolute Gasteiger partial charge is 0.493 e. The second-order valence-corrected chi connectivity index (χ2v) is 8.46. The summed E-state index contributed by atoms with van der Waals surface area (Å²) in [4.78, 5) is 8.49. The van der Waals surface area contributed by atoms with Crippen LogP contribution < -0.4 is 15.4 Å². The van der Waals surface area contributed by atoms with E-state index < -0.39 is 0 Å². The third kappa shape index (κ3) is 5.64. The number of fused-ring (bicyclic) bond motifs is 1. The van der Waals surface area contributed by atoms with E-state index in [0.29, 0.717) is 12.0 Å². The van der Waals surface area contributed by atoms with Crippen molar-refractivity contribution < 1.29 is 4.74 Å². The van der Waals surface area contributed by atoms with Crippen molar-refractivity contribution in [3.8, 4) is 5.75 Å². The number of para-hydroxylation sites is 1. The SMILES string of the molecule is CN=C(NCC1CCOc2ccccc21)NCC(c1cccs1)N1CCCC1.I. The summed E-state index contributed by atoms with van der Waals surface area (Å²) >= 11 is 1.85. The predicted molar refractivity (Wildman–Crippen MR) is 132 cm³/mol. The van der Waals surface area contributed by atoms with E-state index in [0.717, 1.165) is 37.8 Å². The number of nitrogens with zero attached hydrogens (tertiary/aromatic N) is 2. The van der Waals surface area contributed by atoms with Crippen molar-refractivity contribution in [3.63, 3.8) is 0 Å². The number of aliphatic imine (C=N–C) groups is 1. The maximum atomic E-state index is 5.79. The molecule has 0 saturated carbocycles. The first kappa shape index (κ1) is 22.4.